The predicted octanol–water partition coefficient (Wildman–Crippen LogP) is 3.83. The average molecular weight is 368 g/mol. The fraction of sp³-hybridized carbons (Fsp3) is 0.800. The first-order chi connectivity index (χ1) is 8.58. The van der Waals surface area contributed by atoms with E-state index in [2.05, 4.69) is 0 Å². The molecule has 2 N–H and O–H groups in total. The number of carbonyl (C=O) groups is 1. The first kappa shape index (κ1) is 16.8. The Kier molecular flexibility index (Phi) is 8.29. The van der Waals surface area contributed by atoms with Crippen LogP contribution in [-0.2, 0) is 9.13 Å². The molecule has 1 rings (SSSR count). The van der Waals surface area contributed by atoms with Crippen LogP contribution in [0.5, 0.6) is 0 Å². The largest absolute Gasteiger partial charge is 0.515 e. The summed E-state index contributed by atoms with van der Waals surface area (Å²) in [7, 11) is 0. The topological polar surface area (TPSA) is 98.2 Å². The molecule has 0 aromatic heterocycles. The van der Waals surface area contributed by atoms with Crippen LogP contribution in [0.25, 0.3) is 0 Å². The van der Waals surface area contributed by atoms with E-state index >= 15 is 0 Å². The summed E-state index contributed by atoms with van der Waals surface area (Å²) in [5, 5.41) is 0. The number of rotatable bonds is 8. The smallest absolute Gasteiger partial charge is 0.309 e. The molecular weight excluding hydrogens is 358 g/mol. The Morgan fingerprint density at radius 1 is 1.00 bits per heavy atom. The molecule has 1 aliphatic rings. The van der Waals surface area contributed by atoms with Gasteiger partial charge in [0.2, 0.25) is 0 Å². The number of nitrogens with zero attached hydrogens (tertiary/aromatic N) is 2. The van der Waals surface area contributed by atoms with Gasteiger partial charge in [-0.1, -0.05) is 0 Å². The molecule has 0 saturated carbocycles. The molecule has 1 aliphatic heterocycles. The Balaban J connectivity index is 2.32. The third-order valence-corrected chi connectivity index (χ3v) is 9.35. The monoisotopic (exact) mass is 368 g/mol. The second-order valence-corrected chi connectivity index (χ2v) is 13.1. The van der Waals surface area contributed by atoms with Gasteiger partial charge in [-0.15, -0.1) is 0 Å². The lowest BCUT2D eigenvalue weighted by atomic mass is 10.6. The van der Waals surface area contributed by atoms with Crippen LogP contribution in [0.4, 0.5) is 4.79 Å². The summed E-state index contributed by atoms with van der Waals surface area (Å²) >= 11 is 2.55. The first-order valence-corrected chi connectivity index (χ1v) is 12.9. The van der Waals surface area contributed by atoms with Crippen molar-refractivity contribution in [1.82, 2.24) is 9.80 Å². The van der Waals surface area contributed by atoms with Gasteiger partial charge >= 0.3 is 41.8 Å². The van der Waals surface area contributed by atoms with Gasteiger partial charge in [-0.3, -0.25) is 9.11 Å². The van der Waals surface area contributed by atoms with Crippen LogP contribution in [0.1, 0.15) is 0 Å². The van der Waals surface area contributed by atoms with E-state index in [-0.39, 0.29) is 41.1 Å². The third-order valence-electron chi connectivity index (χ3n) is 1.95. The van der Waals surface area contributed by atoms with Crippen LogP contribution in [0.15, 0.2) is 0 Å². The molecule has 1 heterocycles. The van der Waals surface area contributed by atoms with Crippen molar-refractivity contribution in [3.05, 3.63) is 0 Å². The van der Waals surface area contributed by atoms with Crippen LogP contribution < -0.4 is 0 Å². The van der Waals surface area contributed by atoms with Crippen molar-refractivity contribution >= 4 is 64.5 Å². The Morgan fingerprint density at radius 2 is 1.39 bits per heavy atom. The number of carbonyl (C=O) groups excluding carboxylic acids is 1. The van der Waals surface area contributed by atoms with Gasteiger partial charge in [-0.25, -0.2) is 4.79 Å². The number of hydrogen-bond acceptors (Lipinski definition) is 9. The maximum absolute atomic E-state index is 11.8. The average Bonchev–Trinajstić information content (AvgIpc) is 2.74. The van der Waals surface area contributed by atoms with Gasteiger partial charge in [0.1, 0.15) is 11.8 Å². The molecule has 18 heavy (non-hydrogen) atoms. The molecule has 7 nitrogen and oxygen atoms in total. The summed E-state index contributed by atoms with van der Waals surface area (Å²) in [6.45, 7) is 1.02. The molecule has 0 spiro atoms. The molecule has 0 aromatic carbocycles. The highest BCUT2D eigenvalue weighted by atomic mass is 33.1. The molecule has 2 atom stereocenters. The van der Waals surface area contributed by atoms with Crippen molar-refractivity contribution in [2.45, 2.75) is 0 Å². The molecule has 0 aromatic rings. The highest BCUT2D eigenvalue weighted by molar-refractivity contribution is 8.83. The lowest BCUT2D eigenvalue weighted by Crippen LogP contribution is -2.31. The van der Waals surface area contributed by atoms with Crippen LogP contribution in [-0.4, -0.2) is 49.8 Å². The van der Waals surface area contributed by atoms with E-state index in [0.29, 0.717) is 13.1 Å². The molecule has 102 valence electrons. The maximum atomic E-state index is 11.8. The molecule has 13 heteroatoms. The molecule has 0 radical (unpaired) electrons. The zero-order chi connectivity index (χ0) is 13.5. The van der Waals surface area contributed by atoms with Crippen molar-refractivity contribution in [2.24, 2.45) is 0 Å². The van der Waals surface area contributed by atoms with Crippen LogP contribution in [0.3, 0.4) is 0 Å². The minimum absolute atomic E-state index is 0.215. The lowest BCUT2D eigenvalue weighted by molar-refractivity contribution is 0.203. The van der Waals surface area contributed by atoms with E-state index in [1.165, 1.54) is 9.80 Å². The van der Waals surface area contributed by atoms with Crippen LogP contribution in [0, 0.1) is 0 Å². The van der Waals surface area contributed by atoms with E-state index in [1.807, 2.05) is 0 Å². The Morgan fingerprint density at radius 3 is 1.72 bits per heavy atom. The zero-order valence-electron chi connectivity index (χ0n) is 8.87. The molecule has 0 bridgehead atoms. The Labute approximate surface area is 122 Å². The summed E-state index contributed by atoms with van der Waals surface area (Å²) in [5.41, 5.74) is 0. The first-order valence-electron chi connectivity index (χ1n) is 4.45. The van der Waals surface area contributed by atoms with Crippen LogP contribution in [0.2, 0.25) is 0 Å². The normalized spacial score (nSPS) is 17.3. The SMILES string of the molecule is O=C1N(CS[P+](=O)SO)CCN1CS[P+](=O)SO. The van der Waals surface area contributed by atoms with E-state index in [1.54, 1.807) is 0 Å². The van der Waals surface area contributed by atoms with Crippen molar-refractivity contribution < 1.29 is 23.0 Å². The highest BCUT2D eigenvalue weighted by Crippen LogP contribution is 2.49. The minimum atomic E-state index is -1.81. The number of amides is 2. The van der Waals surface area contributed by atoms with Crippen molar-refractivity contribution in [3.8, 4) is 0 Å². The Hall–Kier alpha value is 0.790. The maximum Gasteiger partial charge on any atom is 0.515 e. The van der Waals surface area contributed by atoms with Gasteiger partial charge in [0, 0.05) is 13.1 Å². The predicted molar refractivity (Wildman–Crippen MR) is 79.4 cm³/mol. The van der Waals surface area contributed by atoms with Crippen molar-refractivity contribution in [2.75, 3.05) is 24.8 Å². The second kappa shape index (κ2) is 8.86. The standard InChI is InChI=1S/C5H8N2O5P2S4/c8-5-6(3-15-13(9)17-11)1-2-7(5)4-16-14(10)18-12/h1-4H2/p+2. The van der Waals surface area contributed by atoms with Gasteiger partial charge in [0.05, 0.1) is 0 Å². The molecule has 1 fully saturated rings. The third kappa shape index (κ3) is 5.42. The fourth-order valence-electron chi connectivity index (χ4n) is 1.15. The van der Waals surface area contributed by atoms with Crippen molar-refractivity contribution in [1.29, 1.82) is 0 Å². The molecular formula is C5H10N2O5P2S4+2. The quantitative estimate of drug-likeness (QED) is 0.489. The summed E-state index contributed by atoms with van der Waals surface area (Å²) in [5.74, 6) is 0.507. The van der Waals surface area contributed by atoms with Gasteiger partial charge in [0.15, 0.2) is 22.8 Å². The highest BCUT2D eigenvalue weighted by Gasteiger charge is 2.34. The van der Waals surface area contributed by atoms with Gasteiger partial charge < -0.3 is 9.80 Å². The second-order valence-electron chi connectivity index (χ2n) is 2.94. The van der Waals surface area contributed by atoms with Gasteiger partial charge in [-0.2, -0.15) is 0 Å². The summed E-state index contributed by atoms with van der Waals surface area (Å²) in [6, 6.07) is -0.215. The summed E-state index contributed by atoms with van der Waals surface area (Å²) in [6.07, 6.45) is -3.62. The minimum Gasteiger partial charge on any atom is -0.309 e. The van der Waals surface area contributed by atoms with E-state index < -0.39 is 12.4 Å². The molecule has 2 unspecified atom stereocenters. The van der Waals surface area contributed by atoms with E-state index in [0.717, 1.165) is 22.8 Å². The van der Waals surface area contributed by atoms with E-state index in [9.17, 15) is 13.9 Å². The van der Waals surface area contributed by atoms with Gasteiger partial charge in [0.25, 0.3) is 0 Å². The van der Waals surface area contributed by atoms with Crippen LogP contribution >= 0.6 is 58.5 Å². The number of urea groups is 1. The number of hydrogen-bond donors (Lipinski definition) is 2. The van der Waals surface area contributed by atoms with Gasteiger partial charge in [-0.05, 0) is 9.13 Å². The fourth-order valence-corrected chi connectivity index (χ4v) is 5.58. The summed E-state index contributed by atoms with van der Waals surface area (Å²) in [4.78, 5) is 14.8. The zero-order valence-corrected chi connectivity index (χ0v) is 13.9. The molecule has 1 saturated heterocycles. The molecule has 0 aliphatic carbocycles. The summed E-state index contributed by atoms with van der Waals surface area (Å²) < 4.78 is 39.1. The Bertz CT molecular complexity index is 318. The lowest BCUT2D eigenvalue weighted by Gasteiger charge is -2.13. The van der Waals surface area contributed by atoms with Crippen molar-refractivity contribution in [3.63, 3.8) is 0 Å². The van der Waals surface area contributed by atoms with E-state index in [4.69, 9.17) is 9.11 Å². The molecule has 2 amide bonds.